The highest BCUT2D eigenvalue weighted by molar-refractivity contribution is 7.86. The predicted molar refractivity (Wildman–Crippen MR) is 123 cm³/mol. The fourth-order valence-electron chi connectivity index (χ4n) is 3.02. The molecule has 7 nitrogen and oxygen atoms in total. The van der Waals surface area contributed by atoms with Crippen molar-refractivity contribution in [2.45, 2.75) is 70.1 Å². The second kappa shape index (κ2) is 15.4. The quantitative estimate of drug-likeness (QED) is 0.157. The average molecular weight is 467 g/mol. The van der Waals surface area contributed by atoms with Crippen LogP contribution in [0.2, 0.25) is 0 Å². The molecule has 1 aromatic carbocycles. The molecule has 0 saturated heterocycles. The second-order valence-electron chi connectivity index (χ2n) is 7.26. The van der Waals surface area contributed by atoms with Crippen molar-refractivity contribution >= 4 is 22.1 Å². The van der Waals surface area contributed by atoms with Gasteiger partial charge < -0.3 is 9.47 Å². The molecule has 0 amide bonds. The molecule has 178 valence electrons. The van der Waals surface area contributed by atoms with Crippen LogP contribution < -0.4 is 0 Å². The number of ether oxygens (including phenoxy) is 2. The molecule has 0 atom stereocenters. The lowest BCUT2D eigenvalue weighted by Gasteiger charge is -2.12. The van der Waals surface area contributed by atoms with Crippen LogP contribution >= 0.6 is 0 Å². The first-order chi connectivity index (χ1) is 15.3. The lowest BCUT2D eigenvalue weighted by atomic mass is 10.1. The molecule has 1 N–H and O–H groups in total. The summed E-state index contributed by atoms with van der Waals surface area (Å²) in [7, 11) is -4.74. The number of hydrogen-bond donors (Lipinski definition) is 1. The summed E-state index contributed by atoms with van der Waals surface area (Å²) in [4.78, 5) is 24.5. The number of allylic oxidation sites excluding steroid dienone is 4. The van der Waals surface area contributed by atoms with Crippen molar-refractivity contribution in [1.29, 1.82) is 0 Å². The summed E-state index contributed by atoms with van der Waals surface area (Å²) in [6.45, 7) is 4.12. The summed E-state index contributed by atoms with van der Waals surface area (Å²) in [6, 6.07) is 3.62. The molecule has 0 aliphatic heterocycles. The fourth-order valence-corrected chi connectivity index (χ4v) is 3.72. The molecule has 0 unspecified atom stereocenters. The van der Waals surface area contributed by atoms with Crippen molar-refractivity contribution in [1.82, 2.24) is 0 Å². The average Bonchev–Trinajstić information content (AvgIpc) is 2.76. The standard InChI is InChI=1S/C24H34O7S/c1-3-5-7-9-11-13-18-30-23(25)20-16-15-17-21(32(27,28)29)22(20)24(26)31-19-14-12-10-8-6-4-2/h3-6,15-17H,7-14,18-19H2,1-2H3,(H,27,28,29)/b5-3+,6-4+. The number of carbonyl (C=O) groups excluding carboxylic acids is 2. The Hall–Kier alpha value is -2.45. The monoisotopic (exact) mass is 466 g/mol. The van der Waals surface area contributed by atoms with Gasteiger partial charge in [-0.15, -0.1) is 0 Å². The molecule has 1 rings (SSSR count). The van der Waals surface area contributed by atoms with Crippen molar-refractivity contribution in [2.24, 2.45) is 0 Å². The lowest BCUT2D eigenvalue weighted by Crippen LogP contribution is -2.19. The topological polar surface area (TPSA) is 107 Å². The van der Waals surface area contributed by atoms with Crippen LogP contribution in [0, 0.1) is 0 Å². The Morgan fingerprint density at radius 3 is 1.88 bits per heavy atom. The predicted octanol–water partition coefficient (Wildman–Crippen LogP) is 5.52. The van der Waals surface area contributed by atoms with Crippen LogP contribution in [0.5, 0.6) is 0 Å². The minimum atomic E-state index is -4.74. The van der Waals surface area contributed by atoms with E-state index < -0.39 is 32.5 Å². The van der Waals surface area contributed by atoms with Gasteiger partial charge in [0, 0.05) is 0 Å². The van der Waals surface area contributed by atoms with E-state index in [0.717, 1.165) is 44.6 Å². The highest BCUT2D eigenvalue weighted by Gasteiger charge is 2.28. The first kappa shape index (κ1) is 27.6. The van der Waals surface area contributed by atoms with E-state index in [2.05, 4.69) is 12.2 Å². The van der Waals surface area contributed by atoms with Crippen molar-refractivity contribution < 1.29 is 32.0 Å². The molecule has 0 fully saturated rings. The van der Waals surface area contributed by atoms with E-state index in [1.807, 2.05) is 26.0 Å². The van der Waals surface area contributed by atoms with Crippen LogP contribution in [0.1, 0.15) is 85.9 Å². The number of unbranched alkanes of at least 4 members (excludes halogenated alkanes) is 6. The minimum Gasteiger partial charge on any atom is -0.462 e. The van der Waals surface area contributed by atoms with Crippen molar-refractivity contribution in [3.63, 3.8) is 0 Å². The molecule has 0 bridgehead atoms. The summed E-state index contributed by atoms with van der Waals surface area (Å²) in [5.41, 5.74) is -0.742. The van der Waals surface area contributed by atoms with E-state index in [0.29, 0.717) is 12.8 Å². The van der Waals surface area contributed by atoms with Gasteiger partial charge in [0.15, 0.2) is 0 Å². The highest BCUT2D eigenvalue weighted by atomic mass is 32.2. The summed E-state index contributed by atoms with van der Waals surface area (Å²) < 4.78 is 43.5. The van der Waals surface area contributed by atoms with Gasteiger partial charge in [-0.25, -0.2) is 9.59 Å². The summed E-state index contributed by atoms with van der Waals surface area (Å²) in [5.74, 6) is -1.81. The molecular formula is C24H34O7S. The van der Waals surface area contributed by atoms with Gasteiger partial charge in [0.1, 0.15) is 4.90 Å². The third kappa shape index (κ3) is 10.2. The molecule has 0 aliphatic rings. The number of hydrogen-bond acceptors (Lipinski definition) is 6. The van der Waals surface area contributed by atoms with Crippen LogP contribution in [0.15, 0.2) is 47.4 Å². The molecule has 0 heterocycles. The van der Waals surface area contributed by atoms with Crippen molar-refractivity contribution in [2.75, 3.05) is 13.2 Å². The van der Waals surface area contributed by atoms with Gasteiger partial charge in [0.2, 0.25) is 0 Å². The van der Waals surface area contributed by atoms with Crippen LogP contribution in [-0.2, 0) is 19.6 Å². The molecule has 32 heavy (non-hydrogen) atoms. The number of rotatable bonds is 15. The zero-order valence-corrected chi connectivity index (χ0v) is 19.7. The van der Waals surface area contributed by atoms with E-state index in [9.17, 15) is 22.6 Å². The molecule has 0 saturated carbocycles. The van der Waals surface area contributed by atoms with E-state index >= 15 is 0 Å². The summed E-state index contributed by atoms with van der Waals surface area (Å²) in [6.07, 6.45) is 14.8. The van der Waals surface area contributed by atoms with Crippen LogP contribution in [0.4, 0.5) is 0 Å². The van der Waals surface area contributed by atoms with Gasteiger partial charge in [0.05, 0.1) is 24.3 Å². The first-order valence-corrected chi connectivity index (χ1v) is 12.4. The molecule has 1 aromatic rings. The maximum absolute atomic E-state index is 12.6. The van der Waals surface area contributed by atoms with Gasteiger partial charge >= 0.3 is 11.9 Å². The van der Waals surface area contributed by atoms with E-state index in [-0.39, 0.29) is 18.8 Å². The summed E-state index contributed by atoms with van der Waals surface area (Å²) >= 11 is 0. The van der Waals surface area contributed by atoms with E-state index in [1.54, 1.807) is 0 Å². The van der Waals surface area contributed by atoms with Gasteiger partial charge in [-0.1, -0.05) is 30.4 Å². The molecule has 0 radical (unpaired) electrons. The Kier molecular flexibility index (Phi) is 13.2. The molecule has 8 heteroatoms. The lowest BCUT2D eigenvalue weighted by molar-refractivity contribution is 0.0447. The highest BCUT2D eigenvalue weighted by Crippen LogP contribution is 2.22. The maximum Gasteiger partial charge on any atom is 0.340 e. The zero-order chi connectivity index (χ0) is 23.8. The zero-order valence-electron chi connectivity index (χ0n) is 18.9. The Labute approximate surface area is 191 Å². The smallest absolute Gasteiger partial charge is 0.340 e. The third-order valence-electron chi connectivity index (χ3n) is 4.70. The maximum atomic E-state index is 12.6. The van der Waals surface area contributed by atoms with Crippen molar-refractivity contribution in [3.05, 3.63) is 53.6 Å². The Balaban J connectivity index is 2.80. The van der Waals surface area contributed by atoms with Gasteiger partial charge in [-0.3, -0.25) is 4.55 Å². The van der Waals surface area contributed by atoms with Gasteiger partial charge in [-0.2, -0.15) is 8.42 Å². The van der Waals surface area contributed by atoms with Gasteiger partial charge in [-0.05, 0) is 77.3 Å². The first-order valence-electron chi connectivity index (χ1n) is 11.0. The van der Waals surface area contributed by atoms with Gasteiger partial charge in [0.25, 0.3) is 10.1 Å². The summed E-state index contributed by atoms with van der Waals surface area (Å²) in [5, 5.41) is 0. The molecule has 0 aromatic heterocycles. The van der Waals surface area contributed by atoms with Crippen LogP contribution in [-0.4, -0.2) is 38.1 Å². The SMILES string of the molecule is C/C=C/CCCCCOC(=O)c1cccc(S(=O)(=O)O)c1C(=O)OCCCCC/C=C/C. The Morgan fingerprint density at radius 1 is 0.844 bits per heavy atom. The molecule has 0 aliphatic carbocycles. The molecular weight excluding hydrogens is 432 g/mol. The largest absolute Gasteiger partial charge is 0.462 e. The van der Waals surface area contributed by atoms with E-state index in [4.69, 9.17) is 9.47 Å². The van der Waals surface area contributed by atoms with Crippen LogP contribution in [0.25, 0.3) is 0 Å². The van der Waals surface area contributed by atoms with Crippen LogP contribution in [0.3, 0.4) is 0 Å². The fraction of sp³-hybridized carbons (Fsp3) is 0.500. The Bertz CT molecular complexity index is 886. The number of carbonyl (C=O) groups is 2. The van der Waals surface area contributed by atoms with Crippen molar-refractivity contribution in [3.8, 4) is 0 Å². The minimum absolute atomic E-state index is 0.0785. The molecule has 0 spiro atoms. The number of benzene rings is 1. The normalized spacial score (nSPS) is 11.8. The number of esters is 2. The Morgan fingerprint density at radius 2 is 1.38 bits per heavy atom. The third-order valence-corrected chi connectivity index (χ3v) is 5.59. The second-order valence-corrected chi connectivity index (χ2v) is 8.65. The van der Waals surface area contributed by atoms with E-state index in [1.165, 1.54) is 12.1 Å².